The molecule has 6 rings (SSSR count). The number of morpholine rings is 1. The summed E-state index contributed by atoms with van der Waals surface area (Å²) in [6, 6.07) is 24.0. The molecule has 2 heterocycles. The molecule has 2 unspecified atom stereocenters. The molecule has 3 aromatic carbocycles. The quantitative estimate of drug-likeness (QED) is 0.199. The van der Waals surface area contributed by atoms with Gasteiger partial charge in [0.1, 0.15) is 18.5 Å². The van der Waals surface area contributed by atoms with E-state index in [9.17, 15) is 19.8 Å². The van der Waals surface area contributed by atoms with E-state index in [-0.39, 0.29) is 37.3 Å². The molecule has 2 aliphatic heterocycles. The number of amides is 2. The Morgan fingerprint density at radius 2 is 1.71 bits per heavy atom. The summed E-state index contributed by atoms with van der Waals surface area (Å²) in [6.45, 7) is 8.06. The van der Waals surface area contributed by atoms with E-state index in [1.54, 1.807) is 4.90 Å². The van der Waals surface area contributed by atoms with Crippen molar-refractivity contribution < 1.29 is 38.7 Å². The summed E-state index contributed by atoms with van der Waals surface area (Å²) in [6.07, 6.45) is -0.939. The molecule has 3 aromatic rings. The Balaban J connectivity index is 1.12. The standard InChI is InChI=1S/C41H53N3O8/c1-29(33-17-21-50-28-33)52-41(48)42-36(25-30-7-3-2-4-8-30)37(45)15-16-39(47)44(40-35-10-6-5-9-32(35)26-38(40)46)27-31-11-13-34(14-12-31)51-24-20-43-18-22-49-23-19-43/h2-14,29,33,36-38,40,45-46H,15-28H2,1H3,(H,42,48)/t29?,33?,36-,37-,38+,40-/m0/s1. The zero-order chi connectivity index (χ0) is 36.3. The van der Waals surface area contributed by atoms with Crippen LogP contribution in [0.2, 0.25) is 0 Å². The minimum atomic E-state index is -1.03. The highest BCUT2D eigenvalue weighted by Gasteiger charge is 2.38. The first-order valence-corrected chi connectivity index (χ1v) is 18.7. The van der Waals surface area contributed by atoms with Gasteiger partial charge in [0.2, 0.25) is 5.91 Å². The molecule has 3 N–H and O–H groups in total. The van der Waals surface area contributed by atoms with Gasteiger partial charge in [-0.25, -0.2) is 4.79 Å². The lowest BCUT2D eigenvalue weighted by atomic mass is 9.97. The fourth-order valence-electron chi connectivity index (χ4n) is 7.42. The zero-order valence-electron chi connectivity index (χ0n) is 30.1. The van der Waals surface area contributed by atoms with Crippen LogP contribution < -0.4 is 10.1 Å². The first-order valence-electron chi connectivity index (χ1n) is 18.7. The number of aliphatic hydroxyl groups is 2. The molecule has 52 heavy (non-hydrogen) atoms. The maximum Gasteiger partial charge on any atom is 0.407 e. The number of aliphatic hydroxyl groups excluding tert-OH is 2. The third-order valence-electron chi connectivity index (χ3n) is 10.5. The highest BCUT2D eigenvalue weighted by Crippen LogP contribution is 2.37. The van der Waals surface area contributed by atoms with Crippen molar-refractivity contribution in [1.82, 2.24) is 15.1 Å². The molecule has 280 valence electrons. The van der Waals surface area contributed by atoms with E-state index < -0.39 is 30.4 Å². The van der Waals surface area contributed by atoms with Gasteiger partial charge >= 0.3 is 6.09 Å². The van der Waals surface area contributed by atoms with Crippen molar-refractivity contribution in [2.24, 2.45) is 5.92 Å². The van der Waals surface area contributed by atoms with E-state index in [0.717, 1.165) is 67.3 Å². The average molecular weight is 716 g/mol. The molecule has 3 aliphatic rings. The van der Waals surface area contributed by atoms with Crippen molar-refractivity contribution >= 4 is 12.0 Å². The van der Waals surface area contributed by atoms with Crippen LogP contribution in [0.1, 0.15) is 54.5 Å². The van der Waals surface area contributed by atoms with Crippen LogP contribution in [-0.4, -0.2) is 109 Å². The van der Waals surface area contributed by atoms with Gasteiger partial charge in [0.25, 0.3) is 0 Å². The Kier molecular flexibility index (Phi) is 13.5. The number of alkyl carbamates (subject to hydrolysis) is 1. The smallest absolute Gasteiger partial charge is 0.407 e. The van der Waals surface area contributed by atoms with E-state index in [0.29, 0.717) is 32.7 Å². The number of nitrogens with one attached hydrogen (secondary N) is 1. The zero-order valence-corrected chi connectivity index (χ0v) is 30.1. The second kappa shape index (κ2) is 18.7. The monoisotopic (exact) mass is 715 g/mol. The maximum atomic E-state index is 14.2. The van der Waals surface area contributed by atoms with Gasteiger partial charge in [-0.05, 0) is 60.6 Å². The number of carbonyl (C=O) groups is 2. The van der Waals surface area contributed by atoms with Gasteiger partial charge in [0.15, 0.2) is 0 Å². The van der Waals surface area contributed by atoms with Crippen LogP contribution in [0.15, 0.2) is 78.9 Å². The van der Waals surface area contributed by atoms with E-state index in [2.05, 4.69) is 10.2 Å². The van der Waals surface area contributed by atoms with Crippen molar-refractivity contribution in [3.8, 4) is 5.75 Å². The highest BCUT2D eigenvalue weighted by molar-refractivity contribution is 5.77. The van der Waals surface area contributed by atoms with E-state index >= 15 is 0 Å². The second-order valence-electron chi connectivity index (χ2n) is 14.2. The van der Waals surface area contributed by atoms with Gasteiger partial charge in [0, 0.05) is 51.5 Å². The van der Waals surface area contributed by atoms with Gasteiger partial charge in [-0.1, -0.05) is 66.7 Å². The molecular weight excluding hydrogens is 662 g/mol. The fourth-order valence-corrected chi connectivity index (χ4v) is 7.42. The number of hydrogen-bond donors (Lipinski definition) is 3. The van der Waals surface area contributed by atoms with Crippen molar-refractivity contribution in [2.75, 3.05) is 52.7 Å². The third-order valence-corrected chi connectivity index (χ3v) is 10.5. The predicted octanol–water partition coefficient (Wildman–Crippen LogP) is 4.29. The predicted molar refractivity (Wildman–Crippen MR) is 196 cm³/mol. The number of ether oxygens (including phenoxy) is 4. The summed E-state index contributed by atoms with van der Waals surface area (Å²) >= 11 is 0. The Hall–Kier alpha value is -4.00. The van der Waals surface area contributed by atoms with Gasteiger partial charge in [-0.3, -0.25) is 9.69 Å². The van der Waals surface area contributed by atoms with Crippen LogP contribution in [0.3, 0.4) is 0 Å². The van der Waals surface area contributed by atoms with Crippen molar-refractivity contribution in [3.05, 3.63) is 101 Å². The van der Waals surface area contributed by atoms with Crippen molar-refractivity contribution in [2.45, 2.75) is 76.0 Å². The maximum absolute atomic E-state index is 14.2. The Morgan fingerprint density at radius 1 is 0.962 bits per heavy atom. The summed E-state index contributed by atoms with van der Waals surface area (Å²) in [5, 5.41) is 25.7. The summed E-state index contributed by atoms with van der Waals surface area (Å²) in [5.41, 5.74) is 3.79. The molecule has 0 bridgehead atoms. The van der Waals surface area contributed by atoms with Gasteiger partial charge < -0.3 is 39.4 Å². The number of nitrogens with zero attached hydrogens (tertiary/aromatic N) is 2. The van der Waals surface area contributed by atoms with Crippen LogP contribution >= 0.6 is 0 Å². The Labute approximate surface area is 306 Å². The Bertz CT molecular complexity index is 1560. The molecule has 11 nitrogen and oxygen atoms in total. The van der Waals surface area contributed by atoms with Gasteiger partial charge in [-0.2, -0.15) is 0 Å². The van der Waals surface area contributed by atoms with Crippen molar-refractivity contribution in [3.63, 3.8) is 0 Å². The highest BCUT2D eigenvalue weighted by atomic mass is 16.6. The molecule has 1 aliphatic carbocycles. The first kappa shape index (κ1) is 37.7. The number of fused-ring (bicyclic) bond motifs is 1. The lowest BCUT2D eigenvalue weighted by Gasteiger charge is -2.33. The summed E-state index contributed by atoms with van der Waals surface area (Å²) < 4.78 is 22.6. The molecule has 0 saturated carbocycles. The van der Waals surface area contributed by atoms with Crippen LogP contribution in [0.5, 0.6) is 5.75 Å². The van der Waals surface area contributed by atoms with Crippen LogP contribution in [0.25, 0.3) is 0 Å². The SMILES string of the molecule is CC(OC(=O)N[C@@H](Cc1ccccc1)[C@@H](O)CCC(=O)N(Cc1ccc(OCCN2CCOCC2)cc1)[C@H]1c2ccccc2C[C@H]1O)C1CCOC1. The normalized spacial score (nSPS) is 21.9. The summed E-state index contributed by atoms with van der Waals surface area (Å²) in [7, 11) is 0. The van der Waals surface area contributed by atoms with E-state index in [1.165, 1.54) is 0 Å². The number of carbonyl (C=O) groups excluding carboxylic acids is 2. The number of hydrogen-bond acceptors (Lipinski definition) is 9. The molecule has 6 atom stereocenters. The molecule has 0 aromatic heterocycles. The van der Waals surface area contributed by atoms with Crippen LogP contribution in [0, 0.1) is 5.92 Å². The minimum Gasteiger partial charge on any atom is -0.492 e. The first-order chi connectivity index (χ1) is 25.3. The topological polar surface area (TPSA) is 130 Å². The molecule has 2 fully saturated rings. The summed E-state index contributed by atoms with van der Waals surface area (Å²) in [5.74, 6) is 0.694. The van der Waals surface area contributed by atoms with E-state index in [1.807, 2.05) is 85.8 Å². The number of benzene rings is 3. The van der Waals surface area contributed by atoms with Gasteiger partial charge in [0.05, 0.1) is 44.1 Å². The van der Waals surface area contributed by atoms with Gasteiger partial charge in [-0.15, -0.1) is 0 Å². The van der Waals surface area contributed by atoms with Crippen molar-refractivity contribution in [1.29, 1.82) is 0 Å². The number of rotatable bonds is 16. The molecule has 11 heteroatoms. The second-order valence-corrected chi connectivity index (χ2v) is 14.2. The largest absolute Gasteiger partial charge is 0.492 e. The average Bonchev–Trinajstić information content (AvgIpc) is 3.82. The summed E-state index contributed by atoms with van der Waals surface area (Å²) in [4.78, 5) is 31.3. The lowest BCUT2D eigenvalue weighted by molar-refractivity contribution is -0.137. The molecular formula is C41H53N3O8. The molecule has 2 saturated heterocycles. The molecule has 2 amide bonds. The molecule has 0 spiro atoms. The third kappa shape index (κ3) is 10.3. The Morgan fingerprint density at radius 3 is 2.46 bits per heavy atom. The molecule has 0 radical (unpaired) electrons. The van der Waals surface area contributed by atoms with Crippen LogP contribution in [-0.2, 0) is 38.4 Å². The van der Waals surface area contributed by atoms with Crippen LogP contribution in [0.4, 0.5) is 4.79 Å². The fraction of sp³-hybridized carbons (Fsp3) is 0.512. The lowest BCUT2D eigenvalue weighted by Crippen LogP contribution is -2.47. The minimum absolute atomic E-state index is 0.0210. The van der Waals surface area contributed by atoms with E-state index in [4.69, 9.17) is 18.9 Å².